The molecule has 1 aliphatic heterocycles. The highest BCUT2D eigenvalue weighted by Crippen LogP contribution is 2.23. The van der Waals surface area contributed by atoms with Crippen LogP contribution in [-0.2, 0) is 7.05 Å². The van der Waals surface area contributed by atoms with Gasteiger partial charge in [-0.1, -0.05) is 6.07 Å². The first-order chi connectivity index (χ1) is 11.7. The molecule has 1 amide bonds. The van der Waals surface area contributed by atoms with Gasteiger partial charge < -0.3 is 14.4 Å². The summed E-state index contributed by atoms with van der Waals surface area (Å²) in [6, 6.07) is 7.99. The van der Waals surface area contributed by atoms with Crippen molar-refractivity contribution in [2.24, 2.45) is 7.05 Å². The van der Waals surface area contributed by atoms with Crippen molar-refractivity contribution < 1.29 is 4.79 Å². The van der Waals surface area contributed by atoms with E-state index in [9.17, 15) is 4.79 Å². The monoisotopic (exact) mass is 340 g/mol. The zero-order valence-electron chi connectivity index (χ0n) is 13.7. The zero-order valence-corrected chi connectivity index (χ0v) is 14.5. The number of thiazole rings is 1. The van der Waals surface area contributed by atoms with Crippen LogP contribution in [0.2, 0.25) is 0 Å². The summed E-state index contributed by atoms with van der Waals surface area (Å²) in [6.07, 6.45) is 4.81. The maximum Gasteiger partial charge on any atom is 0.254 e. The summed E-state index contributed by atoms with van der Waals surface area (Å²) >= 11 is 1.66. The van der Waals surface area contributed by atoms with E-state index in [4.69, 9.17) is 0 Å². The second-order valence-corrected chi connectivity index (χ2v) is 6.99. The van der Waals surface area contributed by atoms with Gasteiger partial charge in [-0.2, -0.15) is 0 Å². The molecule has 3 aromatic rings. The number of amides is 1. The number of aromatic nitrogens is 2. The van der Waals surface area contributed by atoms with E-state index in [2.05, 4.69) is 20.5 Å². The first kappa shape index (κ1) is 15.2. The van der Waals surface area contributed by atoms with Crippen LogP contribution < -0.4 is 4.90 Å². The van der Waals surface area contributed by atoms with Gasteiger partial charge in [0, 0.05) is 67.5 Å². The molecule has 6 heteroatoms. The number of hydrogen-bond acceptors (Lipinski definition) is 4. The van der Waals surface area contributed by atoms with E-state index in [0.29, 0.717) is 0 Å². The number of anilines is 1. The van der Waals surface area contributed by atoms with Crippen LogP contribution in [0.1, 0.15) is 16.8 Å². The molecule has 124 valence electrons. The smallest absolute Gasteiger partial charge is 0.254 e. The molecule has 0 atom stereocenters. The van der Waals surface area contributed by atoms with Crippen LogP contribution in [0.15, 0.2) is 42.0 Å². The Morgan fingerprint density at radius 3 is 2.92 bits per heavy atom. The molecule has 1 saturated heterocycles. The van der Waals surface area contributed by atoms with Gasteiger partial charge in [0.15, 0.2) is 5.13 Å². The maximum absolute atomic E-state index is 13.1. The molecule has 3 heterocycles. The van der Waals surface area contributed by atoms with E-state index >= 15 is 0 Å². The topological polar surface area (TPSA) is 41.4 Å². The Bertz CT molecular complexity index is 855. The van der Waals surface area contributed by atoms with E-state index in [0.717, 1.165) is 54.2 Å². The van der Waals surface area contributed by atoms with Crippen molar-refractivity contribution >= 4 is 33.3 Å². The number of nitrogens with zero attached hydrogens (tertiary/aromatic N) is 4. The summed E-state index contributed by atoms with van der Waals surface area (Å²) < 4.78 is 2.05. The van der Waals surface area contributed by atoms with Gasteiger partial charge in [-0.05, 0) is 24.6 Å². The van der Waals surface area contributed by atoms with Gasteiger partial charge in [0.1, 0.15) is 0 Å². The second kappa shape index (κ2) is 6.28. The minimum atomic E-state index is 0.132. The molecule has 24 heavy (non-hydrogen) atoms. The predicted molar refractivity (Wildman–Crippen MR) is 97.8 cm³/mol. The minimum absolute atomic E-state index is 0.132. The van der Waals surface area contributed by atoms with Crippen LogP contribution in [0, 0.1) is 0 Å². The van der Waals surface area contributed by atoms with Crippen molar-refractivity contribution in [3.8, 4) is 0 Å². The molecular formula is C18H20N4OS. The average Bonchev–Trinajstić information content (AvgIpc) is 3.19. The number of carbonyl (C=O) groups excluding carboxylic acids is 1. The second-order valence-electron chi connectivity index (χ2n) is 6.11. The third-order valence-electron chi connectivity index (χ3n) is 4.63. The Balaban J connectivity index is 1.56. The van der Waals surface area contributed by atoms with Gasteiger partial charge in [-0.3, -0.25) is 4.79 Å². The Morgan fingerprint density at radius 1 is 1.17 bits per heavy atom. The molecule has 1 aliphatic rings. The van der Waals surface area contributed by atoms with Crippen molar-refractivity contribution in [1.29, 1.82) is 0 Å². The number of benzene rings is 1. The lowest BCUT2D eigenvalue weighted by atomic mass is 10.1. The molecule has 0 radical (unpaired) electrons. The molecule has 0 aliphatic carbocycles. The molecule has 0 spiro atoms. The van der Waals surface area contributed by atoms with Crippen molar-refractivity contribution in [2.75, 3.05) is 31.1 Å². The van der Waals surface area contributed by atoms with Gasteiger partial charge in [0.05, 0.1) is 0 Å². The molecule has 0 unspecified atom stereocenters. The first-order valence-corrected chi connectivity index (χ1v) is 9.10. The van der Waals surface area contributed by atoms with Crippen LogP contribution in [0.3, 0.4) is 0 Å². The summed E-state index contributed by atoms with van der Waals surface area (Å²) in [4.78, 5) is 21.7. The van der Waals surface area contributed by atoms with Crippen molar-refractivity contribution in [3.63, 3.8) is 0 Å². The van der Waals surface area contributed by atoms with Gasteiger partial charge in [-0.15, -0.1) is 11.3 Å². The average molecular weight is 340 g/mol. The van der Waals surface area contributed by atoms with Crippen LogP contribution in [0.25, 0.3) is 10.9 Å². The lowest BCUT2D eigenvalue weighted by Gasteiger charge is -2.22. The van der Waals surface area contributed by atoms with E-state index < -0.39 is 0 Å². The van der Waals surface area contributed by atoms with E-state index in [1.165, 1.54) is 0 Å². The lowest BCUT2D eigenvalue weighted by Crippen LogP contribution is -2.35. The van der Waals surface area contributed by atoms with Crippen molar-refractivity contribution in [3.05, 3.63) is 47.6 Å². The summed E-state index contributed by atoms with van der Waals surface area (Å²) in [6.45, 7) is 3.32. The van der Waals surface area contributed by atoms with Gasteiger partial charge >= 0.3 is 0 Å². The van der Waals surface area contributed by atoms with Crippen molar-refractivity contribution in [2.45, 2.75) is 6.42 Å². The highest BCUT2D eigenvalue weighted by atomic mass is 32.1. The summed E-state index contributed by atoms with van der Waals surface area (Å²) in [5.41, 5.74) is 1.90. The van der Waals surface area contributed by atoms with E-state index in [1.807, 2.05) is 47.9 Å². The number of hydrogen-bond donors (Lipinski definition) is 0. The predicted octanol–water partition coefficient (Wildman–Crippen LogP) is 2.99. The number of aryl methyl sites for hydroxylation is 1. The number of carbonyl (C=O) groups is 1. The van der Waals surface area contributed by atoms with Crippen LogP contribution in [0.5, 0.6) is 0 Å². The Labute approximate surface area is 145 Å². The molecule has 0 bridgehead atoms. The largest absolute Gasteiger partial charge is 0.351 e. The first-order valence-electron chi connectivity index (χ1n) is 8.22. The van der Waals surface area contributed by atoms with Gasteiger partial charge in [0.25, 0.3) is 5.91 Å². The van der Waals surface area contributed by atoms with Crippen LogP contribution >= 0.6 is 11.3 Å². The lowest BCUT2D eigenvalue weighted by molar-refractivity contribution is 0.0769. The normalized spacial score (nSPS) is 15.7. The highest BCUT2D eigenvalue weighted by Gasteiger charge is 2.22. The quantitative estimate of drug-likeness (QED) is 0.720. The van der Waals surface area contributed by atoms with Gasteiger partial charge in [0.2, 0.25) is 0 Å². The molecular weight excluding hydrogens is 320 g/mol. The molecule has 0 N–H and O–H groups in total. The van der Waals surface area contributed by atoms with Crippen LogP contribution in [-0.4, -0.2) is 46.5 Å². The fourth-order valence-corrected chi connectivity index (χ4v) is 4.04. The number of fused-ring (bicyclic) bond motifs is 1. The number of rotatable bonds is 2. The third-order valence-corrected chi connectivity index (χ3v) is 5.46. The molecule has 2 aromatic heterocycles. The summed E-state index contributed by atoms with van der Waals surface area (Å²) in [5, 5.41) is 4.08. The summed E-state index contributed by atoms with van der Waals surface area (Å²) in [7, 11) is 2.01. The van der Waals surface area contributed by atoms with E-state index in [1.54, 1.807) is 11.3 Å². The maximum atomic E-state index is 13.1. The SMILES string of the molecule is Cn1ccc2c(C(=O)N3CCCN(c4nccs4)CC3)cccc21. The van der Waals surface area contributed by atoms with Gasteiger partial charge in [-0.25, -0.2) is 4.98 Å². The Morgan fingerprint density at radius 2 is 2.08 bits per heavy atom. The fourth-order valence-electron chi connectivity index (χ4n) is 3.34. The molecule has 5 nitrogen and oxygen atoms in total. The zero-order chi connectivity index (χ0) is 16.5. The molecule has 1 fully saturated rings. The molecule has 0 saturated carbocycles. The third kappa shape index (κ3) is 2.67. The standard InChI is InChI=1S/C18H20N4OS/c1-20-10-6-14-15(4-2-5-16(14)20)17(23)21-8-3-9-22(12-11-21)18-19-7-13-24-18/h2,4-7,10,13H,3,8-9,11-12H2,1H3. The highest BCUT2D eigenvalue weighted by molar-refractivity contribution is 7.13. The Kier molecular flexibility index (Phi) is 3.98. The fraction of sp³-hybridized carbons (Fsp3) is 0.333. The summed E-state index contributed by atoms with van der Waals surface area (Å²) in [5.74, 6) is 0.132. The van der Waals surface area contributed by atoms with E-state index in [-0.39, 0.29) is 5.91 Å². The van der Waals surface area contributed by atoms with Crippen molar-refractivity contribution in [1.82, 2.24) is 14.5 Å². The Hall–Kier alpha value is -2.34. The molecule has 4 rings (SSSR count). The van der Waals surface area contributed by atoms with Crippen LogP contribution in [0.4, 0.5) is 5.13 Å². The minimum Gasteiger partial charge on any atom is -0.351 e. The molecule has 1 aromatic carbocycles.